The molecule has 11 heteroatoms. The summed E-state index contributed by atoms with van der Waals surface area (Å²) in [6, 6.07) is 16.7. The third-order valence-electron chi connectivity index (χ3n) is 6.39. The summed E-state index contributed by atoms with van der Waals surface area (Å²) < 4.78 is 1.75. The number of carbonyl (C=O) groups excluding carboxylic acids is 2. The molecule has 0 aliphatic carbocycles. The second-order valence-corrected chi connectivity index (χ2v) is 9.22. The average Bonchev–Trinajstić information content (AvgIpc) is 3.30. The topological polar surface area (TPSA) is 179 Å². The van der Waals surface area contributed by atoms with Crippen LogP contribution < -0.4 is 17.2 Å². The highest BCUT2D eigenvalue weighted by Crippen LogP contribution is 2.32. The first kappa shape index (κ1) is 27.1. The first-order valence-electron chi connectivity index (χ1n) is 12.6. The summed E-state index contributed by atoms with van der Waals surface area (Å²) in [6.45, 7) is 0.833. The lowest BCUT2D eigenvalue weighted by Gasteiger charge is -2.19. The van der Waals surface area contributed by atoms with Crippen molar-refractivity contribution in [1.82, 2.24) is 19.4 Å². The monoisotopic (exact) mass is 528 g/mol. The van der Waals surface area contributed by atoms with Crippen LogP contribution in [0.1, 0.15) is 34.9 Å². The number of imidazole rings is 1. The number of amides is 2. The van der Waals surface area contributed by atoms with Crippen molar-refractivity contribution in [2.24, 2.45) is 22.2 Å². The number of fused-ring (bicyclic) bond motifs is 1. The molecule has 4 rings (SSSR count). The van der Waals surface area contributed by atoms with Crippen LogP contribution in [0.4, 0.5) is 0 Å². The van der Waals surface area contributed by atoms with E-state index in [4.69, 9.17) is 22.2 Å². The molecule has 0 fully saturated rings. The van der Waals surface area contributed by atoms with Crippen LogP contribution in [0.3, 0.4) is 0 Å². The van der Waals surface area contributed by atoms with Gasteiger partial charge < -0.3 is 31.8 Å². The van der Waals surface area contributed by atoms with E-state index in [1.54, 1.807) is 65.2 Å². The molecular formula is C28H32N8O3. The van der Waals surface area contributed by atoms with Crippen LogP contribution in [0.5, 0.6) is 5.75 Å². The zero-order chi connectivity index (χ0) is 27.9. The SMILES string of the molecule is CN(CCc1ccccn1)C(=O)c1ccc2c(c1)nc(-c1cccc(O)c1)n2[C@@H](CCCN=C(N)N)C(N)=O. The number of carbonyl (C=O) groups is 2. The van der Waals surface area contributed by atoms with Gasteiger partial charge in [0.2, 0.25) is 5.91 Å². The molecule has 1 atom stereocenters. The maximum atomic E-state index is 13.2. The van der Waals surface area contributed by atoms with Crippen LogP contribution in [0, 0.1) is 0 Å². The fourth-order valence-electron chi connectivity index (χ4n) is 4.44. The Morgan fingerprint density at radius 3 is 2.59 bits per heavy atom. The van der Waals surface area contributed by atoms with E-state index in [0.717, 1.165) is 5.69 Å². The predicted molar refractivity (Wildman–Crippen MR) is 150 cm³/mol. The van der Waals surface area contributed by atoms with Gasteiger partial charge in [0.1, 0.15) is 17.6 Å². The van der Waals surface area contributed by atoms with Crippen LogP contribution in [0.2, 0.25) is 0 Å². The van der Waals surface area contributed by atoms with Gasteiger partial charge in [0.25, 0.3) is 5.91 Å². The maximum Gasteiger partial charge on any atom is 0.253 e. The number of aromatic nitrogens is 3. The number of nitrogens with two attached hydrogens (primary N) is 3. The van der Waals surface area contributed by atoms with Gasteiger partial charge in [0.15, 0.2) is 5.96 Å². The van der Waals surface area contributed by atoms with Gasteiger partial charge in [-0.2, -0.15) is 0 Å². The molecule has 0 radical (unpaired) electrons. The zero-order valence-corrected chi connectivity index (χ0v) is 21.7. The maximum absolute atomic E-state index is 13.2. The normalized spacial score (nSPS) is 11.7. The quantitative estimate of drug-likeness (QED) is 0.131. The number of hydrogen-bond donors (Lipinski definition) is 4. The Balaban J connectivity index is 1.69. The third kappa shape index (κ3) is 6.50. The van der Waals surface area contributed by atoms with Gasteiger partial charge in [-0.1, -0.05) is 18.2 Å². The minimum absolute atomic E-state index is 0.0265. The predicted octanol–water partition coefficient (Wildman–Crippen LogP) is 2.20. The molecule has 0 unspecified atom stereocenters. The van der Waals surface area contributed by atoms with E-state index in [2.05, 4.69) is 9.98 Å². The number of primary amides is 1. The smallest absolute Gasteiger partial charge is 0.253 e. The second-order valence-electron chi connectivity index (χ2n) is 9.22. The van der Waals surface area contributed by atoms with Crippen LogP contribution in [0.25, 0.3) is 22.4 Å². The number of nitrogens with zero attached hydrogens (tertiary/aromatic N) is 5. The molecule has 2 aromatic carbocycles. The molecule has 0 saturated carbocycles. The van der Waals surface area contributed by atoms with Gasteiger partial charge in [-0.3, -0.25) is 19.6 Å². The third-order valence-corrected chi connectivity index (χ3v) is 6.39. The van der Waals surface area contributed by atoms with Crippen molar-refractivity contribution in [3.8, 4) is 17.1 Å². The van der Waals surface area contributed by atoms with E-state index in [-0.39, 0.29) is 17.6 Å². The summed E-state index contributed by atoms with van der Waals surface area (Å²) in [5.41, 5.74) is 19.8. The van der Waals surface area contributed by atoms with Crippen molar-refractivity contribution in [2.45, 2.75) is 25.3 Å². The largest absolute Gasteiger partial charge is 0.508 e. The molecular weight excluding hydrogens is 496 g/mol. The molecule has 0 bridgehead atoms. The lowest BCUT2D eigenvalue weighted by molar-refractivity contribution is -0.121. The highest BCUT2D eigenvalue weighted by Gasteiger charge is 2.25. The summed E-state index contributed by atoms with van der Waals surface area (Å²) in [5.74, 6) is -0.235. The number of rotatable bonds is 11. The first-order chi connectivity index (χ1) is 18.7. The molecule has 2 amide bonds. The average molecular weight is 529 g/mol. The molecule has 0 aliphatic rings. The van der Waals surface area contributed by atoms with E-state index < -0.39 is 11.9 Å². The Morgan fingerprint density at radius 2 is 1.90 bits per heavy atom. The second kappa shape index (κ2) is 12.1. The van der Waals surface area contributed by atoms with Gasteiger partial charge in [-0.15, -0.1) is 0 Å². The van der Waals surface area contributed by atoms with Gasteiger partial charge in [-0.25, -0.2) is 4.98 Å². The molecule has 11 nitrogen and oxygen atoms in total. The number of hydrogen-bond acceptors (Lipinski definition) is 6. The fraction of sp³-hybridized carbons (Fsp3) is 0.250. The molecule has 0 spiro atoms. The lowest BCUT2D eigenvalue weighted by atomic mass is 10.1. The summed E-state index contributed by atoms with van der Waals surface area (Å²) in [4.78, 5) is 40.6. The van der Waals surface area contributed by atoms with E-state index in [1.165, 1.54) is 0 Å². The molecule has 39 heavy (non-hydrogen) atoms. The standard InChI is InChI=1S/C28H32N8O3/c1-35(15-12-20-7-2-3-13-32-20)27(39)19-10-11-23-22(17-19)34-26(18-6-4-8-21(37)16-18)36(23)24(25(29)38)9-5-14-33-28(30)31/h2-4,6-8,10-11,13,16-17,24,37H,5,9,12,14-15H2,1H3,(H2,29,38)(H4,30,31,33)/t24-/m0/s1. The van der Waals surface area contributed by atoms with E-state index in [9.17, 15) is 14.7 Å². The molecule has 2 heterocycles. The number of likely N-dealkylation sites (N-methyl/N-ethyl adjacent to an activating group) is 1. The number of guanidine groups is 1. The summed E-state index contributed by atoms with van der Waals surface area (Å²) in [6.07, 6.45) is 3.22. The van der Waals surface area contributed by atoms with E-state index in [0.29, 0.717) is 60.3 Å². The molecule has 202 valence electrons. The number of phenols is 1. The van der Waals surface area contributed by atoms with E-state index >= 15 is 0 Å². The Kier molecular flexibility index (Phi) is 8.40. The van der Waals surface area contributed by atoms with Crippen LogP contribution in [-0.4, -0.2) is 62.5 Å². The number of phenolic OH excluding ortho intramolecular Hbond substituents is 1. The Bertz CT molecular complexity index is 1500. The Labute approximate surface area is 226 Å². The summed E-state index contributed by atoms with van der Waals surface area (Å²) >= 11 is 0. The molecule has 7 N–H and O–H groups in total. The number of pyridine rings is 1. The Morgan fingerprint density at radius 1 is 1.08 bits per heavy atom. The number of aromatic hydroxyl groups is 1. The lowest BCUT2D eigenvalue weighted by Crippen LogP contribution is -2.29. The molecule has 0 saturated heterocycles. The zero-order valence-electron chi connectivity index (χ0n) is 21.7. The number of benzene rings is 2. The highest BCUT2D eigenvalue weighted by molar-refractivity contribution is 5.98. The van der Waals surface area contributed by atoms with E-state index in [1.807, 2.05) is 18.2 Å². The van der Waals surface area contributed by atoms with Crippen molar-refractivity contribution < 1.29 is 14.7 Å². The van der Waals surface area contributed by atoms with Crippen molar-refractivity contribution in [3.63, 3.8) is 0 Å². The minimum atomic E-state index is -0.760. The Hall–Kier alpha value is -4.93. The molecule has 2 aromatic heterocycles. The van der Waals surface area contributed by atoms with Crippen molar-refractivity contribution in [2.75, 3.05) is 20.1 Å². The van der Waals surface area contributed by atoms with Gasteiger partial charge in [0, 0.05) is 49.6 Å². The van der Waals surface area contributed by atoms with Gasteiger partial charge >= 0.3 is 0 Å². The van der Waals surface area contributed by atoms with Crippen molar-refractivity contribution >= 4 is 28.8 Å². The summed E-state index contributed by atoms with van der Waals surface area (Å²) in [7, 11) is 1.74. The fourth-order valence-corrected chi connectivity index (χ4v) is 4.44. The summed E-state index contributed by atoms with van der Waals surface area (Å²) in [5, 5.41) is 10.1. The number of aliphatic imine (C=N–C) groups is 1. The minimum Gasteiger partial charge on any atom is -0.508 e. The molecule has 0 aliphatic heterocycles. The first-order valence-corrected chi connectivity index (χ1v) is 12.6. The molecule has 4 aromatic rings. The van der Waals surface area contributed by atoms with Crippen LogP contribution in [-0.2, 0) is 11.2 Å². The van der Waals surface area contributed by atoms with Gasteiger partial charge in [0.05, 0.1) is 11.0 Å². The van der Waals surface area contributed by atoms with Crippen LogP contribution >= 0.6 is 0 Å². The van der Waals surface area contributed by atoms with Gasteiger partial charge in [-0.05, 0) is 55.3 Å². The van der Waals surface area contributed by atoms with Crippen molar-refractivity contribution in [1.29, 1.82) is 0 Å². The highest BCUT2D eigenvalue weighted by atomic mass is 16.3. The van der Waals surface area contributed by atoms with Crippen molar-refractivity contribution in [3.05, 3.63) is 78.1 Å². The van der Waals surface area contributed by atoms with Crippen LogP contribution in [0.15, 0.2) is 71.9 Å².